The first kappa shape index (κ1) is 26.3. The van der Waals surface area contributed by atoms with E-state index in [4.69, 9.17) is 16.7 Å². The van der Waals surface area contributed by atoms with E-state index in [-0.39, 0.29) is 0 Å². The van der Waals surface area contributed by atoms with Gasteiger partial charge >= 0.3 is 15.9 Å². The first-order valence-corrected chi connectivity index (χ1v) is 16.2. The van der Waals surface area contributed by atoms with Crippen molar-refractivity contribution in [2.75, 3.05) is 0 Å². The highest BCUT2D eigenvalue weighted by atomic mass is 28.4. The average molecular weight is 555 g/mol. The van der Waals surface area contributed by atoms with Crippen molar-refractivity contribution < 1.29 is 11.7 Å². The van der Waals surface area contributed by atoms with Gasteiger partial charge < -0.3 is 11.7 Å². The zero-order valence-corrected chi connectivity index (χ0v) is 25.0. The lowest BCUT2D eigenvalue weighted by Gasteiger charge is -2.37. The lowest BCUT2D eigenvalue weighted by atomic mass is 10.2. The van der Waals surface area contributed by atoms with Gasteiger partial charge in [-0.3, -0.25) is 0 Å². The van der Waals surface area contributed by atoms with Crippen LogP contribution in [0, 0.1) is 20.8 Å². The highest BCUT2D eigenvalue weighted by Crippen LogP contribution is 2.31. The molecule has 40 heavy (non-hydrogen) atoms. The number of aryl methyl sites for hydroxylation is 3. The van der Waals surface area contributed by atoms with Crippen LogP contribution in [0.25, 0.3) is 22.6 Å². The van der Waals surface area contributed by atoms with E-state index in [1.807, 2.05) is 48.5 Å². The van der Waals surface area contributed by atoms with Crippen molar-refractivity contribution in [3.8, 4) is 17.2 Å². The van der Waals surface area contributed by atoms with Crippen molar-refractivity contribution in [2.24, 2.45) is 0 Å². The molecular weight excluding hydrogens is 525 g/mol. The van der Waals surface area contributed by atoms with Crippen LogP contribution in [-0.2, 0) is 3.48 Å². The summed E-state index contributed by atoms with van der Waals surface area (Å²) in [6.07, 6.45) is 0. The number of fused-ring (bicyclic) bond motifs is 1. The van der Waals surface area contributed by atoms with E-state index >= 15 is 0 Å². The molecule has 0 N–H and O–H groups in total. The SMILES string of the molecule is Cc1ccccc1[Si]([O][Al][O]c1ccccc1-c1nc2ccccc2o1)(c1ccccc1C)c1ccccc1C. The van der Waals surface area contributed by atoms with Gasteiger partial charge in [0.1, 0.15) is 5.52 Å². The summed E-state index contributed by atoms with van der Waals surface area (Å²) in [6, 6.07) is 41.5. The summed E-state index contributed by atoms with van der Waals surface area (Å²) in [5, 5.41) is 3.71. The van der Waals surface area contributed by atoms with E-state index < -0.39 is 24.2 Å². The molecule has 0 aliphatic heterocycles. The molecule has 0 spiro atoms. The molecule has 1 aromatic heterocycles. The highest BCUT2D eigenvalue weighted by Gasteiger charge is 2.44. The smallest absolute Gasteiger partial charge is 0.626 e. The van der Waals surface area contributed by atoms with Crippen molar-refractivity contribution in [3.63, 3.8) is 0 Å². The van der Waals surface area contributed by atoms with Gasteiger partial charge in [0.15, 0.2) is 5.58 Å². The van der Waals surface area contributed by atoms with Crippen LogP contribution in [0.3, 0.4) is 0 Å². The fourth-order valence-electron chi connectivity index (χ4n) is 5.41. The molecule has 1 radical (unpaired) electrons. The Morgan fingerprint density at radius 2 is 1.10 bits per heavy atom. The van der Waals surface area contributed by atoms with Crippen molar-refractivity contribution in [2.45, 2.75) is 20.8 Å². The molecule has 0 bridgehead atoms. The molecule has 195 valence electrons. The van der Waals surface area contributed by atoms with Crippen LogP contribution in [-0.4, -0.2) is 29.2 Å². The maximum Gasteiger partial charge on any atom is 0.763 e. The molecule has 4 nitrogen and oxygen atoms in total. The number of hydrogen-bond acceptors (Lipinski definition) is 4. The van der Waals surface area contributed by atoms with Gasteiger partial charge in [-0.05, 0) is 77.3 Å². The molecule has 1 heterocycles. The largest absolute Gasteiger partial charge is 0.763 e. The number of hydrogen-bond donors (Lipinski definition) is 0. The predicted octanol–water partition coefficient (Wildman–Crippen LogP) is 6.02. The lowest BCUT2D eigenvalue weighted by molar-refractivity contribution is 0.466. The highest BCUT2D eigenvalue weighted by molar-refractivity contribution is 7.09. The van der Waals surface area contributed by atoms with Gasteiger partial charge in [-0.1, -0.05) is 97.1 Å². The zero-order valence-electron chi connectivity index (χ0n) is 22.8. The molecule has 6 heteroatoms. The molecule has 0 unspecified atom stereocenters. The molecule has 0 aliphatic carbocycles. The first-order valence-electron chi connectivity index (χ1n) is 13.4. The summed E-state index contributed by atoms with van der Waals surface area (Å²) in [5.74, 6) is 1.24. The summed E-state index contributed by atoms with van der Waals surface area (Å²) < 4.78 is 19.8. The molecular formula is C34H29AlNO3Si. The van der Waals surface area contributed by atoms with Crippen molar-refractivity contribution in [1.29, 1.82) is 0 Å². The molecule has 0 fully saturated rings. The van der Waals surface area contributed by atoms with E-state index in [0.717, 1.165) is 16.7 Å². The second-order valence-corrected chi connectivity index (χ2v) is 14.3. The second kappa shape index (κ2) is 11.3. The average Bonchev–Trinajstić information content (AvgIpc) is 3.41. The minimum atomic E-state index is -2.96. The van der Waals surface area contributed by atoms with Crippen LogP contribution in [0.15, 0.2) is 126 Å². The summed E-state index contributed by atoms with van der Waals surface area (Å²) in [4.78, 5) is 4.71. The Kier molecular flexibility index (Phi) is 7.42. The van der Waals surface area contributed by atoms with Gasteiger partial charge in [0, 0.05) is 0 Å². The fourth-order valence-corrected chi connectivity index (χ4v) is 11.8. The number of benzene rings is 5. The monoisotopic (exact) mass is 554 g/mol. The Balaban J connectivity index is 1.44. The maximum absolute atomic E-state index is 7.23. The molecule has 0 aliphatic rings. The van der Waals surface area contributed by atoms with Crippen LogP contribution >= 0.6 is 0 Å². The van der Waals surface area contributed by atoms with Crippen molar-refractivity contribution >= 4 is 50.9 Å². The Morgan fingerprint density at radius 1 is 0.600 bits per heavy atom. The third-order valence-corrected chi connectivity index (χ3v) is 13.5. The predicted molar refractivity (Wildman–Crippen MR) is 165 cm³/mol. The van der Waals surface area contributed by atoms with Gasteiger partial charge in [-0.2, -0.15) is 0 Å². The molecule has 0 saturated carbocycles. The van der Waals surface area contributed by atoms with E-state index in [2.05, 4.69) is 93.6 Å². The van der Waals surface area contributed by atoms with Gasteiger partial charge in [-0.25, -0.2) is 4.98 Å². The van der Waals surface area contributed by atoms with Gasteiger partial charge in [-0.15, -0.1) is 0 Å². The number of para-hydroxylation sites is 3. The van der Waals surface area contributed by atoms with E-state index in [1.165, 1.54) is 32.3 Å². The molecule has 6 aromatic rings. The quantitative estimate of drug-likeness (QED) is 0.171. The zero-order chi connectivity index (χ0) is 27.5. The van der Waals surface area contributed by atoms with E-state index in [0.29, 0.717) is 11.6 Å². The number of rotatable bonds is 8. The Bertz CT molecular complexity index is 1650. The fraction of sp³-hybridized carbons (Fsp3) is 0.0882. The first-order chi connectivity index (χ1) is 19.6. The van der Waals surface area contributed by atoms with Gasteiger partial charge in [0.25, 0.3) is 8.32 Å². The lowest BCUT2D eigenvalue weighted by Crippen LogP contribution is -2.71. The third kappa shape index (κ3) is 4.81. The Hall–Kier alpha value is -3.92. The van der Waals surface area contributed by atoms with Crippen LogP contribution in [0.5, 0.6) is 5.75 Å². The topological polar surface area (TPSA) is 44.5 Å². The molecule has 5 aromatic carbocycles. The minimum absolute atomic E-state index is 0.538. The van der Waals surface area contributed by atoms with Crippen LogP contribution in [0.1, 0.15) is 16.7 Å². The normalized spacial score (nSPS) is 11.5. The minimum Gasteiger partial charge on any atom is -0.626 e. The van der Waals surface area contributed by atoms with Crippen LogP contribution in [0.4, 0.5) is 0 Å². The van der Waals surface area contributed by atoms with E-state index in [9.17, 15) is 0 Å². The summed E-state index contributed by atoms with van der Waals surface area (Å²) in [7, 11) is -2.96. The molecule has 6 rings (SSSR count). The maximum atomic E-state index is 7.23. The number of nitrogens with zero attached hydrogens (tertiary/aromatic N) is 1. The van der Waals surface area contributed by atoms with Crippen LogP contribution < -0.4 is 19.3 Å². The Morgan fingerprint density at radius 3 is 1.68 bits per heavy atom. The standard InChI is InChI=1S/C21H21OSi.C13H9NO2.Al/c1-16-10-4-7-13-19(16)23(22,20-14-8-5-11-17(20)2)21-15-9-6-12-18(21)3;15-11-7-3-1-5-9(11)13-14-10-6-2-4-8-12(10)16-13;/h4-15H,1-3H3;1-8,15H;/q-1;;+2/p-1. The summed E-state index contributed by atoms with van der Waals surface area (Å²) in [5.41, 5.74) is 6.03. The molecule has 0 amide bonds. The third-order valence-electron chi connectivity index (χ3n) is 7.38. The van der Waals surface area contributed by atoms with Gasteiger partial charge in [0.2, 0.25) is 5.89 Å². The Labute approximate surface area is 242 Å². The summed E-state index contributed by atoms with van der Waals surface area (Å²) in [6.45, 7) is 6.53. The molecule has 0 saturated heterocycles. The molecule has 0 atom stereocenters. The van der Waals surface area contributed by atoms with E-state index in [1.54, 1.807) is 0 Å². The van der Waals surface area contributed by atoms with Crippen molar-refractivity contribution in [1.82, 2.24) is 4.98 Å². The second-order valence-electron chi connectivity index (χ2n) is 9.94. The van der Waals surface area contributed by atoms with Crippen molar-refractivity contribution in [3.05, 3.63) is 138 Å². The van der Waals surface area contributed by atoms with Gasteiger partial charge in [0.05, 0.1) is 11.3 Å². The number of aromatic nitrogens is 1. The van der Waals surface area contributed by atoms with Crippen LogP contribution in [0.2, 0.25) is 0 Å². The number of oxazole rings is 1. The summed E-state index contributed by atoms with van der Waals surface area (Å²) >= 11 is -0.892.